The summed E-state index contributed by atoms with van der Waals surface area (Å²) in [5.41, 5.74) is 1.89. The van der Waals surface area contributed by atoms with Crippen molar-refractivity contribution in [3.63, 3.8) is 0 Å². The highest BCUT2D eigenvalue weighted by atomic mass is 32.2. The normalized spacial score (nSPS) is 19.3. The molecule has 24 heavy (non-hydrogen) atoms. The Bertz CT molecular complexity index is 975. The van der Waals surface area contributed by atoms with Crippen LogP contribution in [-0.4, -0.2) is 45.8 Å². The highest BCUT2D eigenvalue weighted by Gasteiger charge is 2.32. The lowest BCUT2D eigenvalue weighted by Crippen LogP contribution is -2.29. The molecule has 0 amide bonds. The van der Waals surface area contributed by atoms with Gasteiger partial charge in [-0.15, -0.1) is 0 Å². The molecule has 1 fully saturated rings. The van der Waals surface area contributed by atoms with Gasteiger partial charge >= 0.3 is 0 Å². The van der Waals surface area contributed by atoms with Crippen molar-refractivity contribution < 1.29 is 8.42 Å². The fraction of sp³-hybridized carbons (Fsp3) is 0.375. The second kappa shape index (κ2) is 5.71. The summed E-state index contributed by atoms with van der Waals surface area (Å²) in [6.45, 7) is 1.12. The molecule has 1 aromatic carbocycles. The Hall–Kier alpha value is -2.19. The van der Waals surface area contributed by atoms with Gasteiger partial charge in [0, 0.05) is 31.7 Å². The van der Waals surface area contributed by atoms with E-state index in [-0.39, 0.29) is 0 Å². The minimum absolute atomic E-state index is 0.321. The molecule has 126 valence electrons. The largest absolute Gasteiger partial charge is 0.278 e. The van der Waals surface area contributed by atoms with Crippen LogP contribution in [-0.2, 0) is 23.5 Å². The zero-order valence-corrected chi connectivity index (χ0v) is 14.2. The van der Waals surface area contributed by atoms with Crippen molar-refractivity contribution in [3.8, 4) is 0 Å². The molecule has 7 nitrogen and oxygen atoms in total. The summed E-state index contributed by atoms with van der Waals surface area (Å²) in [7, 11) is -1.57. The molecule has 3 heterocycles. The van der Waals surface area contributed by atoms with Gasteiger partial charge in [0.05, 0.1) is 22.8 Å². The van der Waals surface area contributed by atoms with Gasteiger partial charge in [0.15, 0.2) is 0 Å². The van der Waals surface area contributed by atoms with E-state index in [9.17, 15) is 8.42 Å². The second-order valence-corrected chi connectivity index (χ2v) is 8.30. The van der Waals surface area contributed by atoms with Crippen molar-refractivity contribution in [2.75, 3.05) is 13.1 Å². The van der Waals surface area contributed by atoms with Crippen molar-refractivity contribution in [1.82, 2.24) is 24.3 Å². The molecular weight excluding hydrogens is 326 g/mol. The number of rotatable bonds is 4. The van der Waals surface area contributed by atoms with Crippen LogP contribution < -0.4 is 0 Å². The molecule has 1 aliphatic rings. The lowest BCUT2D eigenvalue weighted by Gasteiger charge is -2.16. The Balaban J connectivity index is 1.52. The molecular formula is C16H19N5O2S. The molecule has 0 unspecified atom stereocenters. The summed E-state index contributed by atoms with van der Waals surface area (Å²) in [6, 6.07) is 5.10. The van der Waals surface area contributed by atoms with Crippen LogP contribution in [0.25, 0.3) is 10.9 Å². The van der Waals surface area contributed by atoms with Gasteiger partial charge in [-0.1, -0.05) is 0 Å². The predicted molar refractivity (Wildman–Crippen MR) is 89.9 cm³/mol. The Kier molecular flexibility index (Phi) is 3.65. The van der Waals surface area contributed by atoms with E-state index in [0.29, 0.717) is 23.9 Å². The zero-order chi connectivity index (χ0) is 16.7. The molecule has 1 atom stereocenters. The Labute approximate surface area is 140 Å². The van der Waals surface area contributed by atoms with E-state index < -0.39 is 10.0 Å². The number of nitrogens with zero attached hydrogens (tertiary/aromatic N) is 4. The molecule has 8 heteroatoms. The van der Waals surface area contributed by atoms with Gasteiger partial charge in [-0.05, 0) is 42.5 Å². The second-order valence-electron chi connectivity index (χ2n) is 6.36. The summed E-state index contributed by atoms with van der Waals surface area (Å²) in [5.74, 6) is 0.333. The van der Waals surface area contributed by atoms with Crippen molar-refractivity contribution in [1.29, 1.82) is 0 Å². The van der Waals surface area contributed by atoms with E-state index in [4.69, 9.17) is 0 Å². The van der Waals surface area contributed by atoms with Crippen LogP contribution in [0.1, 0.15) is 12.0 Å². The molecule has 4 rings (SSSR count). The van der Waals surface area contributed by atoms with E-state index in [1.165, 1.54) is 0 Å². The van der Waals surface area contributed by atoms with Crippen molar-refractivity contribution >= 4 is 20.9 Å². The summed E-state index contributed by atoms with van der Waals surface area (Å²) < 4.78 is 29.1. The zero-order valence-electron chi connectivity index (χ0n) is 13.4. The quantitative estimate of drug-likeness (QED) is 0.777. The Morgan fingerprint density at radius 2 is 2.21 bits per heavy atom. The molecule has 0 saturated carbocycles. The van der Waals surface area contributed by atoms with Crippen LogP contribution >= 0.6 is 0 Å². The lowest BCUT2D eigenvalue weighted by molar-refractivity contribution is 0.456. The van der Waals surface area contributed by atoms with Crippen molar-refractivity contribution in [2.45, 2.75) is 17.7 Å². The van der Waals surface area contributed by atoms with Gasteiger partial charge in [-0.25, -0.2) is 8.42 Å². The van der Waals surface area contributed by atoms with Gasteiger partial charge in [0.2, 0.25) is 10.0 Å². The minimum atomic E-state index is -3.46. The van der Waals surface area contributed by atoms with E-state index in [2.05, 4.69) is 15.3 Å². The van der Waals surface area contributed by atoms with Gasteiger partial charge in [-0.3, -0.25) is 9.78 Å². The van der Waals surface area contributed by atoms with Crippen LogP contribution in [0.2, 0.25) is 0 Å². The number of benzene rings is 1. The molecule has 2 aromatic heterocycles. The number of aromatic amines is 1. The van der Waals surface area contributed by atoms with Gasteiger partial charge in [0.25, 0.3) is 0 Å². The molecule has 1 saturated heterocycles. The Morgan fingerprint density at radius 1 is 1.33 bits per heavy atom. The standard InChI is InChI=1S/C16H19N5O2S/c1-20-10-13(8-18-20)6-12-4-5-21(11-12)24(22,23)15-3-2-14-9-17-19-16(14)7-15/h2-3,7-10,12H,4-6,11H2,1H3,(H,17,19)/t12-/m0/s1. The number of aryl methyl sites for hydroxylation is 1. The lowest BCUT2D eigenvalue weighted by atomic mass is 10.0. The third kappa shape index (κ3) is 2.71. The fourth-order valence-electron chi connectivity index (χ4n) is 3.32. The first-order valence-electron chi connectivity index (χ1n) is 7.93. The number of nitrogens with one attached hydrogen (secondary N) is 1. The summed E-state index contributed by atoms with van der Waals surface area (Å²) in [4.78, 5) is 0.321. The molecule has 1 N–H and O–H groups in total. The molecule has 0 aliphatic carbocycles. The van der Waals surface area contributed by atoms with Gasteiger partial charge < -0.3 is 0 Å². The van der Waals surface area contributed by atoms with E-state index in [1.807, 2.05) is 19.4 Å². The highest BCUT2D eigenvalue weighted by Crippen LogP contribution is 2.27. The maximum Gasteiger partial charge on any atom is 0.243 e. The van der Waals surface area contributed by atoms with Crippen molar-refractivity contribution in [2.24, 2.45) is 13.0 Å². The smallest absolute Gasteiger partial charge is 0.243 e. The molecule has 0 spiro atoms. The summed E-state index contributed by atoms with van der Waals surface area (Å²) in [5, 5.41) is 11.8. The minimum Gasteiger partial charge on any atom is -0.278 e. The first kappa shape index (κ1) is 15.3. The van der Waals surface area contributed by atoms with Crippen LogP contribution in [0.5, 0.6) is 0 Å². The first-order valence-corrected chi connectivity index (χ1v) is 9.37. The fourth-order valence-corrected chi connectivity index (χ4v) is 4.88. The molecule has 3 aromatic rings. The number of hydrogen-bond donors (Lipinski definition) is 1. The van der Waals surface area contributed by atoms with Crippen LogP contribution in [0.3, 0.4) is 0 Å². The SMILES string of the molecule is Cn1cc(C[C@@H]2CCN(S(=O)(=O)c3ccc4cn[nH]c4c3)C2)cn1. The monoisotopic (exact) mass is 345 g/mol. The third-order valence-electron chi connectivity index (χ3n) is 4.58. The maximum absolute atomic E-state index is 12.9. The maximum atomic E-state index is 12.9. The van der Waals surface area contributed by atoms with Crippen LogP contribution in [0.4, 0.5) is 0 Å². The molecule has 0 bridgehead atoms. The number of fused-ring (bicyclic) bond motifs is 1. The van der Waals surface area contributed by atoms with E-state index >= 15 is 0 Å². The van der Waals surface area contributed by atoms with Crippen LogP contribution in [0, 0.1) is 5.92 Å². The summed E-state index contributed by atoms with van der Waals surface area (Å²) >= 11 is 0. The van der Waals surface area contributed by atoms with E-state index in [1.54, 1.807) is 33.4 Å². The summed E-state index contributed by atoms with van der Waals surface area (Å²) in [6.07, 6.45) is 7.26. The average Bonchev–Trinajstić information content (AvgIpc) is 3.28. The first-order chi connectivity index (χ1) is 11.5. The van der Waals surface area contributed by atoms with Crippen molar-refractivity contribution in [3.05, 3.63) is 42.4 Å². The third-order valence-corrected chi connectivity index (χ3v) is 6.44. The van der Waals surface area contributed by atoms with E-state index in [0.717, 1.165) is 29.3 Å². The molecule has 0 radical (unpaired) electrons. The average molecular weight is 345 g/mol. The topological polar surface area (TPSA) is 83.9 Å². The number of sulfonamides is 1. The highest BCUT2D eigenvalue weighted by molar-refractivity contribution is 7.89. The number of aromatic nitrogens is 4. The van der Waals surface area contributed by atoms with Gasteiger partial charge in [0.1, 0.15) is 0 Å². The molecule has 1 aliphatic heterocycles. The number of hydrogen-bond acceptors (Lipinski definition) is 4. The Morgan fingerprint density at radius 3 is 3.00 bits per heavy atom. The number of H-pyrrole nitrogens is 1. The van der Waals surface area contributed by atoms with Crippen LogP contribution in [0.15, 0.2) is 41.7 Å². The van der Waals surface area contributed by atoms with Gasteiger partial charge in [-0.2, -0.15) is 14.5 Å². The predicted octanol–water partition coefficient (Wildman–Crippen LogP) is 1.55.